The summed E-state index contributed by atoms with van der Waals surface area (Å²) in [5.41, 5.74) is 0. The molecular formula is C14H18N2O3. The standard InChI is InChI=1S/C14H18N2O3/c1-2-8-19-10-5-7-16-12(9-10)14(18)15-6-3-4-11(15)13(16)17/h1,10-12H,3-9H2. The number of amides is 2. The molecule has 0 aromatic carbocycles. The number of hydrogen-bond acceptors (Lipinski definition) is 3. The van der Waals surface area contributed by atoms with Gasteiger partial charge in [0.25, 0.3) is 0 Å². The molecule has 0 N–H and O–H groups in total. The van der Waals surface area contributed by atoms with Crippen LogP contribution >= 0.6 is 0 Å². The number of hydrogen-bond donors (Lipinski definition) is 0. The summed E-state index contributed by atoms with van der Waals surface area (Å²) in [4.78, 5) is 28.3. The summed E-state index contributed by atoms with van der Waals surface area (Å²) in [6.45, 7) is 1.59. The Hall–Kier alpha value is -1.54. The van der Waals surface area contributed by atoms with E-state index in [1.54, 1.807) is 9.80 Å². The zero-order valence-electron chi connectivity index (χ0n) is 10.9. The molecule has 0 saturated carbocycles. The molecule has 2 amide bonds. The van der Waals surface area contributed by atoms with Crippen LogP contribution in [0.2, 0.25) is 0 Å². The number of ether oxygens (including phenoxy) is 1. The minimum Gasteiger partial charge on any atom is -0.365 e. The lowest BCUT2D eigenvalue weighted by Gasteiger charge is -2.46. The molecule has 0 bridgehead atoms. The van der Waals surface area contributed by atoms with Crippen molar-refractivity contribution >= 4 is 11.8 Å². The molecule has 0 aromatic heterocycles. The molecule has 3 atom stereocenters. The third kappa shape index (κ3) is 2.00. The van der Waals surface area contributed by atoms with E-state index in [-0.39, 0.29) is 36.6 Å². The van der Waals surface area contributed by atoms with Crippen molar-refractivity contribution in [2.75, 3.05) is 19.7 Å². The van der Waals surface area contributed by atoms with Crippen LogP contribution in [0.25, 0.3) is 0 Å². The van der Waals surface area contributed by atoms with E-state index in [9.17, 15) is 9.59 Å². The molecule has 3 saturated heterocycles. The van der Waals surface area contributed by atoms with Gasteiger partial charge >= 0.3 is 0 Å². The van der Waals surface area contributed by atoms with Crippen molar-refractivity contribution in [1.29, 1.82) is 0 Å². The molecule has 19 heavy (non-hydrogen) atoms. The lowest BCUT2D eigenvalue weighted by Crippen LogP contribution is -2.65. The molecule has 3 aliphatic heterocycles. The molecule has 102 valence electrons. The SMILES string of the molecule is C#CCOC1CCN2C(=O)C3CCCN3C(=O)C2C1. The maximum absolute atomic E-state index is 12.4. The van der Waals surface area contributed by atoms with Gasteiger partial charge in [-0.1, -0.05) is 5.92 Å². The van der Waals surface area contributed by atoms with E-state index < -0.39 is 0 Å². The van der Waals surface area contributed by atoms with Crippen molar-refractivity contribution in [3.8, 4) is 12.3 Å². The Bertz CT molecular complexity index is 442. The molecule has 3 aliphatic rings. The molecule has 0 spiro atoms. The van der Waals surface area contributed by atoms with Gasteiger partial charge in [0, 0.05) is 19.5 Å². The molecule has 5 nitrogen and oxygen atoms in total. The van der Waals surface area contributed by atoms with Crippen molar-refractivity contribution in [2.24, 2.45) is 0 Å². The predicted octanol–water partition coefficient (Wildman–Crippen LogP) is 0.000400. The highest BCUT2D eigenvalue weighted by atomic mass is 16.5. The first-order valence-corrected chi connectivity index (χ1v) is 6.88. The summed E-state index contributed by atoms with van der Waals surface area (Å²) < 4.78 is 5.53. The molecule has 0 aliphatic carbocycles. The van der Waals surface area contributed by atoms with E-state index in [1.807, 2.05) is 0 Å². The fraction of sp³-hybridized carbons (Fsp3) is 0.714. The first-order chi connectivity index (χ1) is 9.22. The van der Waals surface area contributed by atoms with E-state index in [1.165, 1.54) is 0 Å². The van der Waals surface area contributed by atoms with E-state index in [0.717, 1.165) is 25.8 Å². The highest BCUT2D eigenvalue weighted by Crippen LogP contribution is 2.32. The van der Waals surface area contributed by atoms with Crippen LogP contribution < -0.4 is 0 Å². The van der Waals surface area contributed by atoms with Crippen LogP contribution in [0, 0.1) is 12.3 Å². The van der Waals surface area contributed by atoms with E-state index >= 15 is 0 Å². The van der Waals surface area contributed by atoms with Gasteiger partial charge in [0.15, 0.2) is 0 Å². The number of piperazine rings is 1. The molecule has 0 radical (unpaired) electrons. The van der Waals surface area contributed by atoms with Gasteiger partial charge in [-0.25, -0.2) is 0 Å². The lowest BCUT2D eigenvalue weighted by atomic mass is 9.94. The Labute approximate surface area is 112 Å². The Kier molecular flexibility index (Phi) is 3.19. The zero-order valence-corrected chi connectivity index (χ0v) is 10.9. The predicted molar refractivity (Wildman–Crippen MR) is 68.0 cm³/mol. The van der Waals surface area contributed by atoms with Crippen LogP contribution in [-0.2, 0) is 14.3 Å². The minimum atomic E-state index is -0.335. The van der Waals surface area contributed by atoms with Gasteiger partial charge in [-0.15, -0.1) is 6.42 Å². The number of terminal acetylenes is 1. The van der Waals surface area contributed by atoms with E-state index in [0.29, 0.717) is 13.0 Å². The van der Waals surface area contributed by atoms with E-state index in [4.69, 9.17) is 11.2 Å². The van der Waals surface area contributed by atoms with Crippen molar-refractivity contribution in [1.82, 2.24) is 9.80 Å². The van der Waals surface area contributed by atoms with Crippen molar-refractivity contribution in [3.05, 3.63) is 0 Å². The molecule has 5 heteroatoms. The Morgan fingerprint density at radius 3 is 2.68 bits per heavy atom. The second kappa shape index (κ2) is 4.86. The summed E-state index contributed by atoms with van der Waals surface area (Å²) in [5, 5.41) is 0. The van der Waals surface area contributed by atoms with Crippen molar-refractivity contribution in [2.45, 2.75) is 43.9 Å². The first-order valence-electron chi connectivity index (χ1n) is 6.88. The van der Waals surface area contributed by atoms with Crippen LogP contribution in [0.4, 0.5) is 0 Å². The average molecular weight is 262 g/mol. The fourth-order valence-electron chi connectivity index (χ4n) is 3.42. The monoisotopic (exact) mass is 262 g/mol. The topological polar surface area (TPSA) is 49.9 Å². The highest BCUT2D eigenvalue weighted by Gasteiger charge is 2.49. The van der Waals surface area contributed by atoms with Crippen LogP contribution in [0.5, 0.6) is 0 Å². The molecular weight excluding hydrogens is 244 g/mol. The summed E-state index contributed by atoms with van der Waals surface area (Å²) in [6.07, 6.45) is 8.26. The second-order valence-electron chi connectivity index (χ2n) is 5.40. The Morgan fingerprint density at radius 1 is 1.16 bits per heavy atom. The van der Waals surface area contributed by atoms with Gasteiger partial charge in [-0.3, -0.25) is 9.59 Å². The third-order valence-corrected chi connectivity index (χ3v) is 4.35. The van der Waals surface area contributed by atoms with Crippen molar-refractivity contribution in [3.63, 3.8) is 0 Å². The quantitative estimate of drug-likeness (QED) is 0.658. The van der Waals surface area contributed by atoms with Crippen molar-refractivity contribution < 1.29 is 14.3 Å². The fourth-order valence-corrected chi connectivity index (χ4v) is 3.42. The lowest BCUT2D eigenvalue weighted by molar-refractivity contribution is -0.164. The number of piperidine rings is 1. The summed E-state index contributed by atoms with van der Waals surface area (Å²) in [6, 6.07) is -0.537. The van der Waals surface area contributed by atoms with Gasteiger partial charge in [-0.2, -0.15) is 0 Å². The molecule has 3 unspecified atom stereocenters. The number of fused-ring (bicyclic) bond motifs is 2. The van der Waals surface area contributed by atoms with Gasteiger partial charge in [-0.05, 0) is 19.3 Å². The van der Waals surface area contributed by atoms with Gasteiger partial charge in [0.1, 0.15) is 18.7 Å². The summed E-state index contributed by atoms with van der Waals surface area (Å²) in [5.74, 6) is 2.66. The minimum absolute atomic E-state index is 0.00629. The maximum Gasteiger partial charge on any atom is 0.246 e. The van der Waals surface area contributed by atoms with Gasteiger partial charge in [0.05, 0.1) is 6.10 Å². The average Bonchev–Trinajstić information content (AvgIpc) is 2.92. The largest absolute Gasteiger partial charge is 0.365 e. The van der Waals surface area contributed by atoms with Crippen LogP contribution in [0.15, 0.2) is 0 Å². The Balaban J connectivity index is 1.74. The van der Waals surface area contributed by atoms with Crippen LogP contribution in [0.3, 0.4) is 0 Å². The smallest absolute Gasteiger partial charge is 0.246 e. The molecule has 3 heterocycles. The molecule has 3 fully saturated rings. The third-order valence-electron chi connectivity index (χ3n) is 4.35. The zero-order chi connectivity index (χ0) is 13.4. The molecule has 0 aromatic rings. The second-order valence-corrected chi connectivity index (χ2v) is 5.40. The number of nitrogens with zero attached hydrogens (tertiary/aromatic N) is 2. The first kappa shape index (κ1) is 12.5. The maximum atomic E-state index is 12.4. The van der Waals surface area contributed by atoms with Gasteiger partial charge in [0.2, 0.25) is 11.8 Å². The summed E-state index contributed by atoms with van der Waals surface area (Å²) in [7, 11) is 0. The Morgan fingerprint density at radius 2 is 1.89 bits per heavy atom. The highest BCUT2D eigenvalue weighted by molar-refractivity contribution is 5.97. The number of carbonyl (C=O) groups is 2. The number of carbonyl (C=O) groups excluding carboxylic acids is 2. The number of rotatable bonds is 2. The summed E-state index contributed by atoms with van der Waals surface area (Å²) >= 11 is 0. The normalized spacial score (nSPS) is 33.9. The van der Waals surface area contributed by atoms with Gasteiger partial charge < -0.3 is 14.5 Å². The molecule has 3 rings (SSSR count). The van der Waals surface area contributed by atoms with Crippen LogP contribution in [-0.4, -0.2) is 59.5 Å². The van der Waals surface area contributed by atoms with E-state index in [2.05, 4.69) is 5.92 Å². The van der Waals surface area contributed by atoms with Crippen LogP contribution in [0.1, 0.15) is 25.7 Å².